The van der Waals surface area contributed by atoms with Crippen LogP contribution in [0.4, 0.5) is 0 Å². The van der Waals surface area contributed by atoms with Crippen molar-refractivity contribution in [2.24, 2.45) is 0 Å². The van der Waals surface area contributed by atoms with Crippen LogP contribution < -0.4 is 4.74 Å². The van der Waals surface area contributed by atoms with E-state index in [9.17, 15) is 4.79 Å². The molecule has 0 bridgehead atoms. The summed E-state index contributed by atoms with van der Waals surface area (Å²) in [6, 6.07) is 5.85. The van der Waals surface area contributed by atoms with Crippen LogP contribution in [0.1, 0.15) is 37.8 Å². The second-order valence-corrected chi connectivity index (χ2v) is 4.28. The first kappa shape index (κ1) is 12.6. The van der Waals surface area contributed by atoms with E-state index in [0.717, 1.165) is 5.56 Å². The van der Waals surface area contributed by atoms with Gasteiger partial charge in [0.15, 0.2) is 6.10 Å². The number of hydrogen-bond donors (Lipinski definition) is 1. The third kappa shape index (κ3) is 2.99. The van der Waals surface area contributed by atoms with Crippen molar-refractivity contribution in [2.75, 3.05) is 0 Å². The lowest BCUT2D eigenvalue weighted by Crippen LogP contribution is -2.23. The van der Waals surface area contributed by atoms with Gasteiger partial charge in [0.05, 0.1) is 0 Å². The quantitative estimate of drug-likeness (QED) is 0.851. The summed E-state index contributed by atoms with van der Waals surface area (Å²) < 4.78 is 5.34. The average molecular weight is 222 g/mol. The van der Waals surface area contributed by atoms with Crippen molar-refractivity contribution in [3.05, 3.63) is 29.3 Å². The number of ether oxygens (including phenoxy) is 1. The van der Waals surface area contributed by atoms with Gasteiger partial charge in [-0.05, 0) is 37.0 Å². The summed E-state index contributed by atoms with van der Waals surface area (Å²) in [7, 11) is 0. The fourth-order valence-corrected chi connectivity index (χ4v) is 1.40. The third-order valence-corrected chi connectivity index (χ3v) is 2.52. The van der Waals surface area contributed by atoms with Crippen LogP contribution in [0.2, 0.25) is 0 Å². The summed E-state index contributed by atoms with van der Waals surface area (Å²) in [5.41, 5.74) is 2.20. The van der Waals surface area contributed by atoms with Crippen molar-refractivity contribution in [3.8, 4) is 5.75 Å². The highest BCUT2D eigenvalue weighted by Crippen LogP contribution is 2.24. The zero-order valence-corrected chi connectivity index (χ0v) is 10.2. The molecule has 0 heterocycles. The minimum absolute atomic E-state index is 0.463. The second kappa shape index (κ2) is 5.01. The summed E-state index contributed by atoms with van der Waals surface area (Å²) in [5, 5.41) is 8.75. The van der Waals surface area contributed by atoms with Gasteiger partial charge in [0, 0.05) is 0 Å². The van der Waals surface area contributed by atoms with E-state index in [4.69, 9.17) is 9.84 Å². The van der Waals surface area contributed by atoms with Gasteiger partial charge in [-0.2, -0.15) is 0 Å². The lowest BCUT2D eigenvalue weighted by atomic mass is 10.0. The highest BCUT2D eigenvalue weighted by molar-refractivity contribution is 5.72. The molecule has 0 fully saturated rings. The maximum atomic E-state index is 10.7. The molecule has 0 radical (unpaired) electrons. The Morgan fingerprint density at radius 1 is 1.31 bits per heavy atom. The molecule has 1 aromatic carbocycles. The van der Waals surface area contributed by atoms with Gasteiger partial charge in [0.25, 0.3) is 0 Å². The topological polar surface area (TPSA) is 46.5 Å². The molecule has 3 nitrogen and oxygen atoms in total. The number of rotatable bonds is 4. The predicted molar refractivity (Wildman–Crippen MR) is 63.0 cm³/mol. The number of aliphatic carboxylic acids is 1. The fourth-order valence-electron chi connectivity index (χ4n) is 1.40. The predicted octanol–water partition coefficient (Wildman–Crippen LogP) is 2.97. The lowest BCUT2D eigenvalue weighted by Gasteiger charge is -2.14. The van der Waals surface area contributed by atoms with Crippen LogP contribution >= 0.6 is 0 Å². The highest BCUT2D eigenvalue weighted by Gasteiger charge is 2.14. The van der Waals surface area contributed by atoms with Crippen LogP contribution in [-0.2, 0) is 4.79 Å². The number of carbonyl (C=O) groups is 1. The van der Waals surface area contributed by atoms with E-state index in [2.05, 4.69) is 13.8 Å². The molecule has 0 saturated heterocycles. The van der Waals surface area contributed by atoms with Crippen LogP contribution in [0, 0.1) is 6.92 Å². The molecule has 0 amide bonds. The molecule has 16 heavy (non-hydrogen) atoms. The standard InChI is InChI=1S/C13H18O3/c1-8(2)11-5-6-12(9(3)7-11)16-10(4)13(14)15/h5-8,10H,1-4H3,(H,14,15)/t10-/m0/s1. The number of benzene rings is 1. The summed E-state index contributed by atoms with van der Waals surface area (Å²) >= 11 is 0. The molecule has 0 aliphatic carbocycles. The Morgan fingerprint density at radius 2 is 1.94 bits per heavy atom. The molecule has 0 aliphatic rings. The number of hydrogen-bond acceptors (Lipinski definition) is 2. The van der Waals surface area contributed by atoms with E-state index in [1.165, 1.54) is 12.5 Å². The van der Waals surface area contributed by atoms with Crippen molar-refractivity contribution >= 4 is 5.97 Å². The summed E-state index contributed by atoms with van der Waals surface area (Å²) in [6.07, 6.45) is -0.816. The minimum Gasteiger partial charge on any atom is -0.479 e. The van der Waals surface area contributed by atoms with Gasteiger partial charge in [0.2, 0.25) is 0 Å². The molecule has 0 aliphatic heterocycles. The summed E-state index contributed by atoms with van der Waals surface area (Å²) in [6.45, 7) is 7.69. The first-order chi connectivity index (χ1) is 7.41. The average Bonchev–Trinajstić information content (AvgIpc) is 2.20. The molecular formula is C13H18O3. The highest BCUT2D eigenvalue weighted by atomic mass is 16.5. The first-order valence-electron chi connectivity index (χ1n) is 5.41. The van der Waals surface area contributed by atoms with Crippen molar-refractivity contribution in [1.82, 2.24) is 0 Å². The molecular weight excluding hydrogens is 204 g/mol. The number of aryl methyl sites for hydroxylation is 1. The maximum Gasteiger partial charge on any atom is 0.344 e. The van der Waals surface area contributed by atoms with Gasteiger partial charge in [-0.3, -0.25) is 0 Å². The molecule has 0 aromatic heterocycles. The minimum atomic E-state index is -0.952. The van der Waals surface area contributed by atoms with E-state index in [-0.39, 0.29) is 0 Å². The zero-order valence-electron chi connectivity index (χ0n) is 10.2. The molecule has 3 heteroatoms. The van der Waals surface area contributed by atoms with Crippen molar-refractivity contribution in [2.45, 2.75) is 39.7 Å². The summed E-state index contributed by atoms with van der Waals surface area (Å²) in [4.78, 5) is 10.7. The normalized spacial score (nSPS) is 12.6. The molecule has 1 aromatic rings. The Bertz CT molecular complexity index is 383. The van der Waals surface area contributed by atoms with Crippen LogP contribution in [0.5, 0.6) is 5.75 Å². The smallest absolute Gasteiger partial charge is 0.344 e. The van der Waals surface area contributed by atoms with Crippen molar-refractivity contribution in [3.63, 3.8) is 0 Å². The van der Waals surface area contributed by atoms with Gasteiger partial charge in [-0.15, -0.1) is 0 Å². The van der Waals surface area contributed by atoms with Crippen LogP contribution in [0.25, 0.3) is 0 Å². The third-order valence-electron chi connectivity index (χ3n) is 2.52. The Morgan fingerprint density at radius 3 is 2.38 bits per heavy atom. The molecule has 1 rings (SSSR count). The van der Waals surface area contributed by atoms with Gasteiger partial charge in [-0.1, -0.05) is 26.0 Å². The number of carboxylic acid groups (broad SMARTS) is 1. The zero-order chi connectivity index (χ0) is 12.3. The molecule has 1 atom stereocenters. The fraction of sp³-hybridized carbons (Fsp3) is 0.462. The molecule has 88 valence electrons. The molecule has 1 N–H and O–H groups in total. The molecule has 0 saturated carbocycles. The lowest BCUT2D eigenvalue weighted by molar-refractivity contribution is -0.144. The van der Waals surface area contributed by atoms with E-state index < -0.39 is 12.1 Å². The Kier molecular flexibility index (Phi) is 3.93. The van der Waals surface area contributed by atoms with Crippen LogP contribution in [-0.4, -0.2) is 17.2 Å². The van der Waals surface area contributed by atoms with Gasteiger partial charge in [-0.25, -0.2) is 4.79 Å². The van der Waals surface area contributed by atoms with Crippen LogP contribution in [0.15, 0.2) is 18.2 Å². The van der Waals surface area contributed by atoms with E-state index >= 15 is 0 Å². The van der Waals surface area contributed by atoms with Gasteiger partial charge < -0.3 is 9.84 Å². The van der Waals surface area contributed by atoms with Crippen molar-refractivity contribution < 1.29 is 14.6 Å². The van der Waals surface area contributed by atoms with Gasteiger partial charge in [0.1, 0.15) is 5.75 Å². The van der Waals surface area contributed by atoms with E-state index in [1.807, 2.05) is 25.1 Å². The largest absolute Gasteiger partial charge is 0.479 e. The Balaban J connectivity index is 2.87. The Hall–Kier alpha value is -1.51. The second-order valence-electron chi connectivity index (χ2n) is 4.28. The van der Waals surface area contributed by atoms with Crippen LogP contribution in [0.3, 0.4) is 0 Å². The monoisotopic (exact) mass is 222 g/mol. The SMILES string of the molecule is Cc1cc(C(C)C)ccc1O[C@@H](C)C(=O)O. The molecule has 0 spiro atoms. The van der Waals surface area contributed by atoms with E-state index in [0.29, 0.717) is 11.7 Å². The number of carboxylic acids is 1. The van der Waals surface area contributed by atoms with E-state index in [1.54, 1.807) is 0 Å². The molecule has 0 unspecified atom stereocenters. The Labute approximate surface area is 96.1 Å². The maximum absolute atomic E-state index is 10.7. The van der Waals surface area contributed by atoms with Gasteiger partial charge >= 0.3 is 5.97 Å². The first-order valence-corrected chi connectivity index (χ1v) is 5.41. The van der Waals surface area contributed by atoms with Crippen molar-refractivity contribution in [1.29, 1.82) is 0 Å². The summed E-state index contributed by atoms with van der Waals surface area (Å²) in [5.74, 6) is 0.149.